The van der Waals surface area contributed by atoms with Crippen molar-refractivity contribution >= 4 is 5.91 Å². The van der Waals surface area contributed by atoms with Gasteiger partial charge in [-0.3, -0.25) is 9.69 Å². The highest BCUT2D eigenvalue weighted by Crippen LogP contribution is 2.27. The average molecular weight is 399 g/mol. The summed E-state index contributed by atoms with van der Waals surface area (Å²) in [7, 11) is 3.30. The summed E-state index contributed by atoms with van der Waals surface area (Å²) < 4.78 is 16.3. The van der Waals surface area contributed by atoms with Gasteiger partial charge in [-0.1, -0.05) is 24.3 Å². The molecule has 0 aromatic heterocycles. The number of hydrogen-bond donors (Lipinski definition) is 0. The smallest absolute Gasteiger partial charge is 0.226 e. The van der Waals surface area contributed by atoms with Gasteiger partial charge in [0, 0.05) is 32.7 Å². The van der Waals surface area contributed by atoms with Crippen LogP contribution in [0.15, 0.2) is 48.5 Å². The zero-order valence-corrected chi connectivity index (χ0v) is 17.3. The van der Waals surface area contributed by atoms with Gasteiger partial charge < -0.3 is 19.1 Å². The molecule has 0 radical (unpaired) electrons. The Morgan fingerprint density at radius 1 is 0.931 bits per heavy atom. The predicted molar refractivity (Wildman–Crippen MR) is 113 cm³/mol. The SMILES string of the molecule is COc1ccc(CCN2CCN(C(=O)CCOc3ccccc3)CC2)cc1OC. The van der Waals surface area contributed by atoms with E-state index in [0.29, 0.717) is 13.0 Å². The molecule has 0 spiro atoms. The first-order valence-corrected chi connectivity index (χ1v) is 10.1. The molecule has 29 heavy (non-hydrogen) atoms. The molecule has 0 N–H and O–H groups in total. The van der Waals surface area contributed by atoms with E-state index in [0.717, 1.165) is 56.4 Å². The molecule has 6 heteroatoms. The number of rotatable bonds is 9. The van der Waals surface area contributed by atoms with Gasteiger partial charge >= 0.3 is 0 Å². The Hall–Kier alpha value is -2.73. The summed E-state index contributed by atoms with van der Waals surface area (Å²) in [6.45, 7) is 4.74. The normalized spacial score (nSPS) is 14.5. The molecule has 2 aromatic carbocycles. The highest BCUT2D eigenvalue weighted by Gasteiger charge is 2.20. The monoisotopic (exact) mass is 398 g/mol. The number of nitrogens with zero attached hydrogens (tertiary/aromatic N) is 2. The second-order valence-electron chi connectivity index (χ2n) is 7.07. The standard InChI is InChI=1S/C23H30N2O4/c1-27-21-9-8-19(18-22(21)28-2)10-12-24-13-15-25(16-14-24)23(26)11-17-29-20-6-4-3-5-7-20/h3-9,18H,10-17H2,1-2H3. The minimum absolute atomic E-state index is 0.167. The number of benzene rings is 2. The number of amides is 1. The molecule has 1 fully saturated rings. The summed E-state index contributed by atoms with van der Waals surface area (Å²) in [4.78, 5) is 16.8. The molecule has 1 saturated heterocycles. The molecule has 1 aliphatic heterocycles. The summed E-state index contributed by atoms with van der Waals surface area (Å²) >= 11 is 0. The van der Waals surface area contributed by atoms with Crippen LogP contribution in [0.3, 0.4) is 0 Å². The van der Waals surface area contributed by atoms with Crippen LogP contribution in [0.4, 0.5) is 0 Å². The van der Waals surface area contributed by atoms with Gasteiger partial charge in [0.15, 0.2) is 11.5 Å². The molecule has 156 valence electrons. The fraction of sp³-hybridized carbons (Fsp3) is 0.435. The lowest BCUT2D eigenvalue weighted by molar-refractivity contribution is -0.133. The summed E-state index contributed by atoms with van der Waals surface area (Å²) in [5.41, 5.74) is 1.22. The van der Waals surface area contributed by atoms with Gasteiger partial charge in [0.05, 0.1) is 27.2 Å². The van der Waals surface area contributed by atoms with Crippen molar-refractivity contribution in [3.05, 3.63) is 54.1 Å². The first kappa shape index (κ1) is 21.0. The van der Waals surface area contributed by atoms with E-state index in [4.69, 9.17) is 14.2 Å². The molecule has 1 amide bonds. The van der Waals surface area contributed by atoms with Crippen molar-refractivity contribution in [1.29, 1.82) is 0 Å². The first-order chi connectivity index (χ1) is 14.2. The largest absolute Gasteiger partial charge is 0.493 e. The summed E-state index contributed by atoms with van der Waals surface area (Å²) in [5.74, 6) is 2.48. The van der Waals surface area contributed by atoms with Gasteiger partial charge in [0.25, 0.3) is 0 Å². The Kier molecular flexibility index (Phi) is 7.76. The van der Waals surface area contributed by atoms with Crippen molar-refractivity contribution in [2.45, 2.75) is 12.8 Å². The van der Waals surface area contributed by atoms with Crippen molar-refractivity contribution in [2.24, 2.45) is 0 Å². The minimum atomic E-state index is 0.167. The highest BCUT2D eigenvalue weighted by atomic mass is 16.5. The molecular formula is C23H30N2O4. The zero-order chi connectivity index (χ0) is 20.5. The van der Waals surface area contributed by atoms with Crippen LogP contribution in [0.25, 0.3) is 0 Å². The van der Waals surface area contributed by atoms with Crippen molar-refractivity contribution < 1.29 is 19.0 Å². The van der Waals surface area contributed by atoms with Crippen molar-refractivity contribution in [3.63, 3.8) is 0 Å². The maximum Gasteiger partial charge on any atom is 0.226 e. The van der Waals surface area contributed by atoms with Crippen LogP contribution in [0, 0.1) is 0 Å². The van der Waals surface area contributed by atoms with Crippen LogP contribution >= 0.6 is 0 Å². The number of para-hydroxylation sites is 1. The number of piperazine rings is 1. The minimum Gasteiger partial charge on any atom is -0.493 e. The van der Waals surface area contributed by atoms with Crippen LogP contribution < -0.4 is 14.2 Å². The summed E-state index contributed by atoms with van der Waals surface area (Å²) in [6.07, 6.45) is 1.36. The van der Waals surface area contributed by atoms with E-state index in [2.05, 4.69) is 11.0 Å². The van der Waals surface area contributed by atoms with E-state index in [1.165, 1.54) is 5.56 Å². The number of hydrogen-bond acceptors (Lipinski definition) is 5. The molecule has 0 saturated carbocycles. The third kappa shape index (κ3) is 6.12. The van der Waals surface area contributed by atoms with E-state index >= 15 is 0 Å². The molecule has 6 nitrogen and oxygen atoms in total. The third-order valence-corrected chi connectivity index (χ3v) is 5.22. The predicted octanol–water partition coefficient (Wildman–Crippen LogP) is 2.86. The maximum atomic E-state index is 12.4. The molecule has 0 unspecified atom stereocenters. The number of carbonyl (C=O) groups is 1. The lowest BCUT2D eigenvalue weighted by atomic mass is 10.1. The Bertz CT molecular complexity index is 774. The van der Waals surface area contributed by atoms with E-state index in [9.17, 15) is 4.79 Å². The molecule has 1 aliphatic rings. The molecule has 0 bridgehead atoms. The third-order valence-electron chi connectivity index (χ3n) is 5.22. The topological polar surface area (TPSA) is 51.2 Å². The first-order valence-electron chi connectivity index (χ1n) is 10.1. The van der Waals surface area contributed by atoms with Crippen LogP contribution in [0.2, 0.25) is 0 Å². The van der Waals surface area contributed by atoms with Gasteiger partial charge in [0.1, 0.15) is 5.75 Å². The Balaban J connectivity index is 1.37. The summed E-state index contributed by atoms with van der Waals surface area (Å²) in [5, 5.41) is 0. The van der Waals surface area contributed by atoms with Gasteiger partial charge in [-0.05, 0) is 36.2 Å². The van der Waals surface area contributed by atoms with Crippen LogP contribution in [0.5, 0.6) is 17.2 Å². The molecule has 0 atom stereocenters. The fourth-order valence-corrected chi connectivity index (χ4v) is 3.48. The Morgan fingerprint density at radius 3 is 2.34 bits per heavy atom. The van der Waals surface area contributed by atoms with Crippen LogP contribution in [0.1, 0.15) is 12.0 Å². The molecule has 2 aromatic rings. The van der Waals surface area contributed by atoms with Crippen molar-refractivity contribution in [3.8, 4) is 17.2 Å². The number of ether oxygens (including phenoxy) is 3. The second kappa shape index (κ2) is 10.7. The van der Waals surface area contributed by atoms with Crippen molar-refractivity contribution in [2.75, 3.05) is 53.6 Å². The average Bonchev–Trinajstić information content (AvgIpc) is 2.78. The highest BCUT2D eigenvalue weighted by molar-refractivity contribution is 5.76. The quantitative estimate of drug-likeness (QED) is 0.650. The van der Waals surface area contributed by atoms with E-state index in [1.807, 2.05) is 47.4 Å². The van der Waals surface area contributed by atoms with E-state index in [-0.39, 0.29) is 5.91 Å². The number of methoxy groups -OCH3 is 2. The maximum absolute atomic E-state index is 12.4. The molecule has 3 rings (SSSR count). The van der Waals surface area contributed by atoms with E-state index < -0.39 is 0 Å². The lowest BCUT2D eigenvalue weighted by Crippen LogP contribution is -2.49. The molecular weight excluding hydrogens is 368 g/mol. The van der Waals surface area contributed by atoms with Gasteiger partial charge in [-0.2, -0.15) is 0 Å². The molecule has 0 aliphatic carbocycles. The van der Waals surface area contributed by atoms with Crippen LogP contribution in [-0.2, 0) is 11.2 Å². The fourth-order valence-electron chi connectivity index (χ4n) is 3.48. The van der Waals surface area contributed by atoms with E-state index in [1.54, 1.807) is 14.2 Å². The van der Waals surface area contributed by atoms with Gasteiger partial charge in [-0.25, -0.2) is 0 Å². The van der Waals surface area contributed by atoms with Crippen LogP contribution in [-0.4, -0.2) is 69.3 Å². The Labute approximate surface area is 173 Å². The van der Waals surface area contributed by atoms with Crippen molar-refractivity contribution in [1.82, 2.24) is 9.80 Å². The number of carbonyl (C=O) groups excluding carboxylic acids is 1. The second-order valence-corrected chi connectivity index (χ2v) is 7.07. The van der Waals surface area contributed by atoms with Gasteiger partial charge in [-0.15, -0.1) is 0 Å². The zero-order valence-electron chi connectivity index (χ0n) is 17.3. The Morgan fingerprint density at radius 2 is 1.66 bits per heavy atom. The summed E-state index contributed by atoms with van der Waals surface area (Å²) in [6, 6.07) is 15.7. The molecule has 1 heterocycles. The van der Waals surface area contributed by atoms with Gasteiger partial charge in [0.2, 0.25) is 5.91 Å². The lowest BCUT2D eigenvalue weighted by Gasteiger charge is -2.34.